The van der Waals surface area contributed by atoms with Crippen LogP contribution in [0.5, 0.6) is 0 Å². The highest BCUT2D eigenvalue weighted by Crippen LogP contribution is 2.33. The Bertz CT molecular complexity index is 172. The maximum Gasteiger partial charge on any atom is 0.101 e. The van der Waals surface area contributed by atoms with Gasteiger partial charge in [0, 0.05) is 11.0 Å². The molecule has 0 aromatic carbocycles. The molecular weight excluding hydrogens is 134 g/mol. The summed E-state index contributed by atoms with van der Waals surface area (Å²) in [7, 11) is 0. The number of rotatable bonds is 0. The van der Waals surface area contributed by atoms with Crippen molar-refractivity contribution in [3.05, 3.63) is 18.8 Å². The molecule has 0 aromatic heterocycles. The summed E-state index contributed by atoms with van der Waals surface area (Å²) in [5, 5.41) is 0. The molecule has 0 saturated heterocycles. The summed E-state index contributed by atoms with van der Waals surface area (Å²) in [4.78, 5) is 2.15. The van der Waals surface area contributed by atoms with Crippen LogP contribution in [0.3, 0.4) is 0 Å². The van der Waals surface area contributed by atoms with Gasteiger partial charge in [-0.2, -0.15) is 0 Å². The number of hydrogen-bond acceptors (Lipinski definition) is 1. The fraction of sp³-hybridized carbons (Fsp3) is 0.700. The second-order valence-corrected chi connectivity index (χ2v) is 4.69. The van der Waals surface area contributed by atoms with Crippen molar-refractivity contribution in [3.8, 4) is 0 Å². The first-order chi connectivity index (χ1) is 4.81. The van der Waals surface area contributed by atoms with E-state index in [1.165, 1.54) is 0 Å². The van der Waals surface area contributed by atoms with Crippen molar-refractivity contribution in [2.45, 2.75) is 40.2 Å². The maximum atomic E-state index is 3.39. The summed E-state index contributed by atoms with van der Waals surface area (Å²) in [6.45, 7) is 14.3. The zero-order valence-corrected chi connectivity index (χ0v) is 8.10. The van der Waals surface area contributed by atoms with E-state index in [0.29, 0.717) is 0 Å². The highest BCUT2D eigenvalue weighted by Gasteiger charge is 2.30. The van der Waals surface area contributed by atoms with Crippen molar-refractivity contribution in [1.82, 2.24) is 4.90 Å². The Morgan fingerprint density at radius 2 is 1.82 bits per heavy atom. The maximum absolute atomic E-state index is 3.39. The largest absolute Gasteiger partial charge is 0.361 e. The van der Waals surface area contributed by atoms with Gasteiger partial charge in [-0.05, 0) is 27.0 Å². The van der Waals surface area contributed by atoms with Gasteiger partial charge < -0.3 is 4.90 Å². The Hall–Kier alpha value is -0.460. The quantitative estimate of drug-likeness (QED) is 0.514. The van der Waals surface area contributed by atoms with Crippen LogP contribution in [0.25, 0.3) is 0 Å². The lowest BCUT2D eigenvalue weighted by Crippen LogP contribution is -2.35. The summed E-state index contributed by atoms with van der Waals surface area (Å²) < 4.78 is 0. The first-order valence-electron chi connectivity index (χ1n) is 4.08. The van der Waals surface area contributed by atoms with Crippen LogP contribution in [0.1, 0.15) is 34.6 Å². The fourth-order valence-corrected chi connectivity index (χ4v) is 1.04. The molecule has 11 heavy (non-hydrogen) atoms. The average molecular weight is 151 g/mol. The fourth-order valence-electron chi connectivity index (χ4n) is 1.04. The lowest BCUT2D eigenvalue weighted by atomic mass is 9.95. The topological polar surface area (TPSA) is 3.24 Å². The second kappa shape index (κ2) is 2.26. The van der Waals surface area contributed by atoms with Gasteiger partial charge in [0.05, 0.1) is 0 Å². The molecule has 0 atom stereocenters. The van der Waals surface area contributed by atoms with Gasteiger partial charge in [0.15, 0.2) is 0 Å². The molecule has 0 saturated carbocycles. The van der Waals surface area contributed by atoms with E-state index in [2.05, 4.69) is 58.3 Å². The van der Waals surface area contributed by atoms with Crippen LogP contribution >= 0.6 is 0 Å². The van der Waals surface area contributed by atoms with E-state index in [9.17, 15) is 0 Å². The number of hydrogen-bond donors (Lipinski definition) is 0. The third kappa shape index (κ3) is 1.98. The van der Waals surface area contributed by atoms with Crippen molar-refractivity contribution in [3.63, 3.8) is 0 Å². The third-order valence-electron chi connectivity index (χ3n) is 1.77. The van der Waals surface area contributed by atoms with E-state index >= 15 is 0 Å². The summed E-state index contributed by atoms with van der Waals surface area (Å²) in [6, 6.07) is 0. The van der Waals surface area contributed by atoms with Gasteiger partial charge in [0.25, 0.3) is 0 Å². The minimum absolute atomic E-state index is 0.118. The van der Waals surface area contributed by atoms with E-state index in [-0.39, 0.29) is 11.0 Å². The van der Waals surface area contributed by atoms with Crippen LogP contribution in [0.15, 0.2) is 12.3 Å². The van der Waals surface area contributed by atoms with Crippen LogP contribution in [-0.4, -0.2) is 10.4 Å². The normalized spacial score (nSPS) is 22.8. The molecule has 0 unspecified atom stereocenters. The van der Waals surface area contributed by atoms with Crippen LogP contribution in [0.2, 0.25) is 0 Å². The molecule has 1 heterocycles. The summed E-state index contributed by atoms with van der Waals surface area (Å²) in [5.74, 6) is 0. The van der Waals surface area contributed by atoms with Crippen molar-refractivity contribution in [1.29, 1.82) is 0 Å². The van der Waals surface area contributed by atoms with Gasteiger partial charge in [-0.25, -0.2) is 0 Å². The standard InChI is InChI=1S/C10H17N/c1-9(2,3)11-7-6-10(4,5)8-11/h6-7H,1-5H3. The van der Waals surface area contributed by atoms with Gasteiger partial charge in [-0.1, -0.05) is 19.9 Å². The van der Waals surface area contributed by atoms with Crippen LogP contribution in [0.4, 0.5) is 0 Å². The molecule has 1 aliphatic heterocycles. The molecule has 0 aliphatic carbocycles. The molecule has 0 bridgehead atoms. The highest BCUT2D eigenvalue weighted by molar-refractivity contribution is 5.13. The molecule has 0 N–H and O–H groups in total. The monoisotopic (exact) mass is 151 g/mol. The van der Waals surface area contributed by atoms with Gasteiger partial charge in [-0.3, -0.25) is 0 Å². The van der Waals surface area contributed by atoms with Crippen LogP contribution in [0, 0.1) is 12.0 Å². The van der Waals surface area contributed by atoms with E-state index in [0.717, 1.165) is 0 Å². The third-order valence-corrected chi connectivity index (χ3v) is 1.77. The smallest absolute Gasteiger partial charge is 0.101 e. The summed E-state index contributed by atoms with van der Waals surface area (Å²) in [5.41, 5.74) is 0.289. The molecule has 1 nitrogen and oxygen atoms in total. The van der Waals surface area contributed by atoms with E-state index < -0.39 is 0 Å². The van der Waals surface area contributed by atoms with Crippen molar-refractivity contribution in [2.75, 3.05) is 0 Å². The van der Waals surface area contributed by atoms with Crippen LogP contribution < -0.4 is 0 Å². The molecule has 1 heteroatoms. The van der Waals surface area contributed by atoms with E-state index in [1.54, 1.807) is 0 Å². The Balaban J connectivity index is 2.65. The molecule has 2 radical (unpaired) electrons. The predicted octanol–water partition coefficient (Wildman–Crippen LogP) is 2.68. The average Bonchev–Trinajstić information content (AvgIpc) is 2.07. The minimum Gasteiger partial charge on any atom is -0.361 e. The predicted molar refractivity (Wildman–Crippen MR) is 47.8 cm³/mol. The van der Waals surface area contributed by atoms with Gasteiger partial charge >= 0.3 is 0 Å². The van der Waals surface area contributed by atoms with Gasteiger partial charge in [-0.15, -0.1) is 0 Å². The Morgan fingerprint density at radius 3 is 2.00 bits per heavy atom. The Morgan fingerprint density at radius 1 is 1.27 bits per heavy atom. The molecule has 1 aliphatic rings. The molecule has 0 aromatic rings. The van der Waals surface area contributed by atoms with Gasteiger partial charge in [0.2, 0.25) is 0 Å². The van der Waals surface area contributed by atoms with Crippen molar-refractivity contribution >= 4 is 0 Å². The zero-order chi connectivity index (χ0) is 8.70. The van der Waals surface area contributed by atoms with Crippen molar-refractivity contribution < 1.29 is 0 Å². The molecular formula is C10H17N. The first-order valence-corrected chi connectivity index (χ1v) is 4.08. The lowest BCUT2D eigenvalue weighted by molar-refractivity contribution is 0.234. The highest BCUT2D eigenvalue weighted by atomic mass is 15.2. The Kier molecular flexibility index (Phi) is 1.78. The van der Waals surface area contributed by atoms with Crippen LogP contribution in [-0.2, 0) is 0 Å². The minimum atomic E-state index is 0.118. The Labute approximate surface area is 70.1 Å². The number of nitrogens with zero attached hydrogens (tertiary/aromatic N) is 1. The SMILES string of the molecule is CC1(C)[C]N(C(C)(C)C)C=C1. The van der Waals surface area contributed by atoms with Crippen molar-refractivity contribution in [2.24, 2.45) is 5.41 Å². The molecule has 0 amide bonds. The van der Waals surface area contributed by atoms with E-state index in [1.807, 2.05) is 0 Å². The molecule has 0 fully saturated rings. The first kappa shape index (κ1) is 8.63. The molecule has 0 spiro atoms. The lowest BCUT2D eigenvalue weighted by Gasteiger charge is -2.33. The summed E-state index contributed by atoms with van der Waals surface area (Å²) in [6.07, 6.45) is 4.29. The zero-order valence-electron chi connectivity index (χ0n) is 8.10. The molecule has 62 valence electrons. The van der Waals surface area contributed by atoms with E-state index in [4.69, 9.17) is 0 Å². The second-order valence-electron chi connectivity index (χ2n) is 4.69. The summed E-state index contributed by atoms with van der Waals surface area (Å²) >= 11 is 0. The van der Waals surface area contributed by atoms with Gasteiger partial charge in [0.1, 0.15) is 6.54 Å². The molecule has 1 rings (SSSR count).